The first kappa shape index (κ1) is 10.2. The first-order valence-corrected chi connectivity index (χ1v) is 6.29. The van der Waals surface area contributed by atoms with Gasteiger partial charge in [0.15, 0.2) is 0 Å². The van der Waals surface area contributed by atoms with E-state index in [1.54, 1.807) is 0 Å². The number of fused-ring (bicyclic) bond motifs is 2. The smallest absolute Gasteiger partial charge is 0.248 e. The van der Waals surface area contributed by atoms with Crippen LogP contribution in [0.4, 0.5) is 0 Å². The maximum atomic E-state index is 12.6. The number of piperazine rings is 1. The molecule has 3 aliphatic rings. The number of carbonyl (C=O) groups excluding carboxylic acids is 1. The SMILES string of the molecule is C=C1N2CCC[C@]2(C)C(=O)N2CCC[C@]12C. The molecular weight excluding hydrogens is 200 g/mol. The van der Waals surface area contributed by atoms with Crippen molar-refractivity contribution in [2.24, 2.45) is 0 Å². The van der Waals surface area contributed by atoms with Crippen molar-refractivity contribution in [2.75, 3.05) is 13.1 Å². The molecule has 3 aliphatic heterocycles. The van der Waals surface area contributed by atoms with Crippen molar-refractivity contribution in [1.82, 2.24) is 9.80 Å². The van der Waals surface area contributed by atoms with Gasteiger partial charge in [-0.15, -0.1) is 0 Å². The lowest BCUT2D eigenvalue weighted by atomic mass is 9.84. The average molecular weight is 220 g/mol. The van der Waals surface area contributed by atoms with Crippen molar-refractivity contribution in [3.05, 3.63) is 12.3 Å². The summed E-state index contributed by atoms with van der Waals surface area (Å²) in [4.78, 5) is 17.0. The summed E-state index contributed by atoms with van der Waals surface area (Å²) in [5.41, 5.74) is 0.784. The normalized spacial score (nSPS) is 42.6. The van der Waals surface area contributed by atoms with Crippen LogP contribution in [-0.2, 0) is 4.79 Å². The molecule has 1 amide bonds. The van der Waals surface area contributed by atoms with Crippen molar-refractivity contribution >= 4 is 5.91 Å². The van der Waals surface area contributed by atoms with Gasteiger partial charge in [-0.2, -0.15) is 0 Å². The van der Waals surface area contributed by atoms with Crippen LogP contribution in [0.2, 0.25) is 0 Å². The van der Waals surface area contributed by atoms with Gasteiger partial charge >= 0.3 is 0 Å². The number of hydrogen-bond acceptors (Lipinski definition) is 2. The Kier molecular flexibility index (Phi) is 1.79. The Bertz CT molecular complexity index is 342. The third-order valence-electron chi connectivity index (χ3n) is 4.94. The van der Waals surface area contributed by atoms with Gasteiger partial charge in [0.2, 0.25) is 5.91 Å². The van der Waals surface area contributed by atoms with E-state index in [1.165, 1.54) is 5.70 Å². The molecule has 0 unspecified atom stereocenters. The van der Waals surface area contributed by atoms with E-state index in [0.717, 1.165) is 38.8 Å². The zero-order chi connectivity index (χ0) is 11.6. The van der Waals surface area contributed by atoms with Gasteiger partial charge in [0.05, 0.1) is 5.54 Å². The molecule has 0 bridgehead atoms. The minimum absolute atomic E-state index is 0.0963. The van der Waals surface area contributed by atoms with Crippen LogP contribution in [0.3, 0.4) is 0 Å². The van der Waals surface area contributed by atoms with Crippen LogP contribution in [0.5, 0.6) is 0 Å². The Labute approximate surface area is 97.1 Å². The third kappa shape index (κ3) is 0.926. The molecule has 16 heavy (non-hydrogen) atoms. The predicted octanol–water partition coefficient (Wildman–Crippen LogP) is 1.75. The van der Waals surface area contributed by atoms with E-state index in [4.69, 9.17) is 0 Å². The molecule has 3 nitrogen and oxygen atoms in total. The van der Waals surface area contributed by atoms with Crippen molar-refractivity contribution in [1.29, 1.82) is 0 Å². The summed E-state index contributed by atoms with van der Waals surface area (Å²) in [6.07, 6.45) is 4.29. The monoisotopic (exact) mass is 220 g/mol. The number of hydrogen-bond donors (Lipinski definition) is 0. The minimum Gasteiger partial charge on any atom is -0.359 e. The standard InChI is InChI=1S/C13H20N2O/c1-10-12(2)6-4-9-15(12)11(16)13(3)7-5-8-14(10)13/h1,4-9H2,2-3H3/t12-,13-/m1/s1. The second-order valence-corrected chi connectivity index (χ2v) is 5.81. The van der Waals surface area contributed by atoms with E-state index in [-0.39, 0.29) is 11.1 Å². The largest absolute Gasteiger partial charge is 0.359 e. The van der Waals surface area contributed by atoms with Crippen molar-refractivity contribution in [3.63, 3.8) is 0 Å². The molecule has 0 spiro atoms. The maximum Gasteiger partial charge on any atom is 0.248 e. The van der Waals surface area contributed by atoms with Gasteiger partial charge in [0.25, 0.3) is 0 Å². The van der Waals surface area contributed by atoms with Gasteiger partial charge in [-0.1, -0.05) is 6.58 Å². The molecule has 3 saturated heterocycles. The van der Waals surface area contributed by atoms with Crippen LogP contribution >= 0.6 is 0 Å². The molecule has 0 radical (unpaired) electrons. The molecule has 0 saturated carbocycles. The van der Waals surface area contributed by atoms with Gasteiger partial charge < -0.3 is 9.80 Å². The van der Waals surface area contributed by atoms with Gasteiger partial charge in [0, 0.05) is 18.8 Å². The number of nitrogens with zero attached hydrogens (tertiary/aromatic N) is 2. The zero-order valence-corrected chi connectivity index (χ0v) is 10.3. The van der Waals surface area contributed by atoms with E-state index >= 15 is 0 Å². The van der Waals surface area contributed by atoms with Gasteiger partial charge in [-0.25, -0.2) is 0 Å². The second-order valence-electron chi connectivity index (χ2n) is 5.81. The minimum atomic E-state index is -0.291. The maximum absolute atomic E-state index is 12.6. The lowest BCUT2D eigenvalue weighted by Crippen LogP contribution is -2.66. The number of rotatable bonds is 0. The van der Waals surface area contributed by atoms with E-state index in [2.05, 4.69) is 30.2 Å². The van der Waals surface area contributed by atoms with Crippen LogP contribution in [-0.4, -0.2) is 39.9 Å². The Hall–Kier alpha value is -0.990. The summed E-state index contributed by atoms with van der Waals surface area (Å²) in [5, 5.41) is 0. The Morgan fingerprint density at radius 2 is 1.62 bits per heavy atom. The third-order valence-corrected chi connectivity index (χ3v) is 4.94. The Morgan fingerprint density at radius 1 is 1.06 bits per heavy atom. The van der Waals surface area contributed by atoms with E-state index in [1.807, 2.05) is 0 Å². The summed E-state index contributed by atoms with van der Waals surface area (Å²) < 4.78 is 0. The molecule has 0 N–H and O–H groups in total. The molecule has 2 atom stereocenters. The van der Waals surface area contributed by atoms with Crippen LogP contribution in [0.15, 0.2) is 12.3 Å². The van der Waals surface area contributed by atoms with E-state index in [0.29, 0.717) is 5.91 Å². The van der Waals surface area contributed by atoms with Crippen molar-refractivity contribution in [3.8, 4) is 0 Å². The molecule has 0 aromatic rings. The first-order chi connectivity index (χ1) is 7.50. The lowest BCUT2D eigenvalue weighted by Gasteiger charge is -2.53. The summed E-state index contributed by atoms with van der Waals surface area (Å²) >= 11 is 0. The molecule has 88 valence electrons. The average Bonchev–Trinajstić information content (AvgIpc) is 2.81. The van der Waals surface area contributed by atoms with Gasteiger partial charge in [0.1, 0.15) is 5.54 Å². The summed E-state index contributed by atoms with van der Waals surface area (Å²) in [5.74, 6) is 0.331. The molecule has 3 rings (SSSR count). The molecular formula is C13H20N2O. The molecule has 0 aliphatic carbocycles. The first-order valence-electron chi connectivity index (χ1n) is 6.29. The Balaban J connectivity index is 2.09. The highest BCUT2D eigenvalue weighted by atomic mass is 16.2. The topological polar surface area (TPSA) is 23.6 Å². The van der Waals surface area contributed by atoms with Gasteiger partial charge in [-0.3, -0.25) is 4.79 Å². The molecule has 0 aromatic heterocycles. The fourth-order valence-electron chi connectivity index (χ4n) is 3.79. The number of amides is 1. The molecule has 0 aromatic carbocycles. The fraction of sp³-hybridized carbons (Fsp3) is 0.769. The molecule has 3 heterocycles. The fourth-order valence-corrected chi connectivity index (χ4v) is 3.79. The summed E-state index contributed by atoms with van der Waals surface area (Å²) in [6.45, 7) is 10.5. The van der Waals surface area contributed by atoms with Crippen LogP contribution < -0.4 is 0 Å². The number of carbonyl (C=O) groups is 1. The lowest BCUT2D eigenvalue weighted by molar-refractivity contribution is -0.150. The second kappa shape index (κ2) is 2.82. The van der Waals surface area contributed by atoms with Crippen molar-refractivity contribution < 1.29 is 4.79 Å². The zero-order valence-electron chi connectivity index (χ0n) is 10.3. The molecule has 3 fully saturated rings. The quantitative estimate of drug-likeness (QED) is 0.621. The highest BCUT2D eigenvalue weighted by Crippen LogP contribution is 2.48. The van der Waals surface area contributed by atoms with Gasteiger partial charge in [-0.05, 0) is 39.5 Å². The predicted molar refractivity (Wildman–Crippen MR) is 62.8 cm³/mol. The Morgan fingerprint density at radius 3 is 2.31 bits per heavy atom. The van der Waals surface area contributed by atoms with Crippen LogP contribution in [0, 0.1) is 0 Å². The highest BCUT2D eigenvalue weighted by Gasteiger charge is 2.58. The van der Waals surface area contributed by atoms with Crippen LogP contribution in [0.1, 0.15) is 39.5 Å². The summed E-state index contributed by atoms with van der Waals surface area (Å²) in [6, 6.07) is 0. The van der Waals surface area contributed by atoms with E-state index < -0.39 is 0 Å². The highest BCUT2D eigenvalue weighted by molar-refractivity contribution is 5.89. The van der Waals surface area contributed by atoms with Crippen LogP contribution in [0.25, 0.3) is 0 Å². The molecule has 3 heteroatoms. The summed E-state index contributed by atoms with van der Waals surface area (Å²) in [7, 11) is 0. The van der Waals surface area contributed by atoms with Crippen molar-refractivity contribution in [2.45, 2.75) is 50.6 Å². The van der Waals surface area contributed by atoms with E-state index in [9.17, 15) is 4.79 Å².